The minimum atomic E-state index is -1.25. The second-order valence-electron chi connectivity index (χ2n) is 4.97. The first-order valence-electron chi connectivity index (χ1n) is 5.89. The summed E-state index contributed by atoms with van der Waals surface area (Å²) in [7, 11) is -1.25. The van der Waals surface area contributed by atoms with Crippen molar-refractivity contribution >= 4 is 14.0 Å². The van der Waals surface area contributed by atoms with Crippen molar-refractivity contribution < 1.29 is 9.53 Å². The molecule has 0 aliphatic rings. The molecule has 0 bridgehead atoms. The van der Waals surface area contributed by atoms with Gasteiger partial charge in [0, 0.05) is 6.92 Å². The van der Waals surface area contributed by atoms with E-state index in [1.165, 1.54) is 12.5 Å². The summed E-state index contributed by atoms with van der Waals surface area (Å²) < 4.78 is 5.27. The number of hydrogen-bond donors (Lipinski definition) is 0. The number of esters is 1. The van der Waals surface area contributed by atoms with Crippen LogP contribution in [0.15, 0.2) is 23.1 Å². The minimum Gasteiger partial charge on any atom is -0.427 e. The molecule has 0 amide bonds. The fourth-order valence-electron chi connectivity index (χ4n) is 1.30. The Hall–Kier alpha value is -0.833. The van der Waals surface area contributed by atoms with E-state index < -0.39 is 8.07 Å². The predicted octanol–water partition coefficient (Wildman–Crippen LogP) is 4.06. The van der Waals surface area contributed by atoms with Gasteiger partial charge in [0.05, 0.1) is 8.07 Å². The van der Waals surface area contributed by atoms with Crippen LogP contribution in [0.25, 0.3) is 0 Å². The van der Waals surface area contributed by atoms with E-state index >= 15 is 0 Å². The summed E-state index contributed by atoms with van der Waals surface area (Å²) in [6, 6.07) is 0. The van der Waals surface area contributed by atoms with Crippen LogP contribution in [0, 0.1) is 0 Å². The molecule has 3 heteroatoms. The van der Waals surface area contributed by atoms with E-state index in [2.05, 4.69) is 39.2 Å². The summed E-state index contributed by atoms with van der Waals surface area (Å²) in [5.74, 6) is 0.509. The molecule has 0 saturated carbocycles. The van der Waals surface area contributed by atoms with Gasteiger partial charge in [-0.3, -0.25) is 4.79 Å². The van der Waals surface area contributed by atoms with Crippen LogP contribution in [-0.4, -0.2) is 14.0 Å². The molecule has 0 fully saturated rings. The molecule has 0 aliphatic heterocycles. The van der Waals surface area contributed by atoms with Crippen molar-refractivity contribution in [2.24, 2.45) is 0 Å². The van der Waals surface area contributed by atoms with E-state index in [9.17, 15) is 4.79 Å². The van der Waals surface area contributed by atoms with E-state index in [4.69, 9.17) is 4.74 Å². The van der Waals surface area contributed by atoms with Crippen molar-refractivity contribution in [2.45, 2.75) is 53.3 Å². The van der Waals surface area contributed by atoms with Crippen LogP contribution in [0.1, 0.15) is 33.6 Å². The normalized spacial score (nSPS) is 11.6. The van der Waals surface area contributed by atoms with Crippen molar-refractivity contribution in [2.75, 3.05) is 0 Å². The SMILES string of the molecule is CCC(CC)=C(/C=C\[Si](C)(C)C)OC(C)=O. The van der Waals surface area contributed by atoms with Crippen LogP contribution in [0.2, 0.25) is 19.6 Å². The van der Waals surface area contributed by atoms with Crippen molar-refractivity contribution in [3.63, 3.8) is 0 Å². The Morgan fingerprint density at radius 1 is 1.19 bits per heavy atom. The predicted molar refractivity (Wildman–Crippen MR) is 71.9 cm³/mol. The molecule has 16 heavy (non-hydrogen) atoms. The molecule has 0 atom stereocenters. The van der Waals surface area contributed by atoms with Crippen molar-refractivity contribution in [3.05, 3.63) is 23.1 Å². The van der Waals surface area contributed by atoms with Crippen LogP contribution >= 0.6 is 0 Å². The highest BCUT2D eigenvalue weighted by Crippen LogP contribution is 2.17. The Bertz CT molecular complexity index is 290. The molecule has 0 spiro atoms. The highest BCUT2D eigenvalue weighted by Gasteiger charge is 2.10. The van der Waals surface area contributed by atoms with Crippen molar-refractivity contribution in [1.82, 2.24) is 0 Å². The molecular formula is C13H24O2Si. The highest BCUT2D eigenvalue weighted by molar-refractivity contribution is 6.81. The van der Waals surface area contributed by atoms with E-state index in [-0.39, 0.29) is 5.97 Å². The lowest BCUT2D eigenvalue weighted by Gasteiger charge is -2.12. The Labute approximate surface area is 100 Å². The maximum absolute atomic E-state index is 11.0. The molecule has 0 unspecified atom stereocenters. The van der Waals surface area contributed by atoms with Crippen LogP contribution in [0.3, 0.4) is 0 Å². The molecule has 92 valence electrons. The molecule has 0 aromatic rings. The second-order valence-corrected chi connectivity index (χ2v) is 10.0. The molecule has 0 N–H and O–H groups in total. The maximum Gasteiger partial charge on any atom is 0.308 e. The molecule has 0 rings (SSSR count). The average molecular weight is 240 g/mol. The van der Waals surface area contributed by atoms with Crippen molar-refractivity contribution in [3.8, 4) is 0 Å². The molecule has 0 aromatic carbocycles. The third-order valence-electron chi connectivity index (χ3n) is 2.19. The van der Waals surface area contributed by atoms with Gasteiger partial charge in [-0.1, -0.05) is 39.2 Å². The number of hydrogen-bond acceptors (Lipinski definition) is 2. The van der Waals surface area contributed by atoms with E-state index in [0.29, 0.717) is 0 Å². The second kappa shape index (κ2) is 6.69. The van der Waals surface area contributed by atoms with Gasteiger partial charge >= 0.3 is 5.97 Å². The third kappa shape index (κ3) is 6.61. The zero-order valence-corrected chi connectivity index (χ0v) is 12.4. The first-order chi connectivity index (χ1) is 7.30. The number of allylic oxidation sites excluding steroid dienone is 2. The lowest BCUT2D eigenvalue weighted by Crippen LogP contribution is -2.16. The van der Waals surface area contributed by atoms with Crippen LogP contribution < -0.4 is 0 Å². The van der Waals surface area contributed by atoms with Gasteiger partial charge in [0.1, 0.15) is 5.76 Å². The molecule has 0 aliphatic carbocycles. The summed E-state index contributed by atoms with van der Waals surface area (Å²) >= 11 is 0. The van der Waals surface area contributed by atoms with Gasteiger partial charge < -0.3 is 4.74 Å². The molecule has 0 saturated heterocycles. The lowest BCUT2D eigenvalue weighted by molar-refractivity contribution is -0.136. The molecule has 0 aromatic heterocycles. The Kier molecular flexibility index (Phi) is 6.34. The summed E-state index contributed by atoms with van der Waals surface area (Å²) in [6.07, 6.45) is 3.83. The molecule has 2 nitrogen and oxygen atoms in total. The Morgan fingerprint density at radius 2 is 1.69 bits per heavy atom. The number of rotatable bonds is 5. The summed E-state index contributed by atoms with van der Waals surface area (Å²) in [6.45, 7) is 12.4. The van der Waals surface area contributed by atoms with Gasteiger partial charge in [0.25, 0.3) is 0 Å². The zero-order chi connectivity index (χ0) is 12.8. The molecular weight excluding hydrogens is 216 g/mol. The van der Waals surface area contributed by atoms with Crippen LogP contribution in [-0.2, 0) is 9.53 Å². The lowest BCUT2D eigenvalue weighted by atomic mass is 10.1. The zero-order valence-electron chi connectivity index (χ0n) is 11.4. The first kappa shape index (κ1) is 15.2. The quantitative estimate of drug-likeness (QED) is 0.313. The monoisotopic (exact) mass is 240 g/mol. The molecule has 0 radical (unpaired) electrons. The van der Waals surface area contributed by atoms with Gasteiger partial charge in [0.15, 0.2) is 0 Å². The van der Waals surface area contributed by atoms with Crippen molar-refractivity contribution in [1.29, 1.82) is 0 Å². The average Bonchev–Trinajstić information content (AvgIpc) is 2.13. The maximum atomic E-state index is 11.0. The fraction of sp³-hybridized carbons (Fsp3) is 0.615. The van der Waals surface area contributed by atoms with Crippen LogP contribution in [0.4, 0.5) is 0 Å². The highest BCUT2D eigenvalue weighted by atomic mass is 28.3. The fourth-order valence-corrected chi connectivity index (χ4v) is 1.95. The summed E-state index contributed by atoms with van der Waals surface area (Å²) in [5.41, 5.74) is 3.40. The van der Waals surface area contributed by atoms with E-state index in [1.54, 1.807) is 0 Å². The van der Waals surface area contributed by atoms with Gasteiger partial charge in [-0.15, -0.1) is 0 Å². The Balaban J connectivity index is 5.02. The number of carbonyl (C=O) groups is 1. The summed E-state index contributed by atoms with van der Waals surface area (Å²) in [4.78, 5) is 11.0. The largest absolute Gasteiger partial charge is 0.427 e. The third-order valence-corrected chi connectivity index (χ3v) is 3.36. The molecule has 0 heterocycles. The standard InChI is InChI=1S/C13H24O2Si/c1-7-12(8-2)13(15-11(3)14)9-10-16(4,5)6/h9-10H,7-8H2,1-6H3/b10-9-. The number of carbonyl (C=O) groups excluding carboxylic acids is 1. The first-order valence-corrected chi connectivity index (χ1v) is 9.47. The smallest absolute Gasteiger partial charge is 0.308 e. The Morgan fingerprint density at radius 3 is 2.00 bits per heavy atom. The topological polar surface area (TPSA) is 26.3 Å². The van der Waals surface area contributed by atoms with Gasteiger partial charge in [-0.2, -0.15) is 0 Å². The van der Waals surface area contributed by atoms with Gasteiger partial charge in [-0.05, 0) is 24.5 Å². The van der Waals surface area contributed by atoms with Gasteiger partial charge in [0.2, 0.25) is 0 Å². The number of ether oxygens (including phenoxy) is 1. The van der Waals surface area contributed by atoms with Crippen LogP contribution in [0.5, 0.6) is 0 Å². The minimum absolute atomic E-state index is 0.241. The van der Waals surface area contributed by atoms with E-state index in [0.717, 1.165) is 18.6 Å². The van der Waals surface area contributed by atoms with E-state index in [1.807, 2.05) is 6.08 Å². The summed E-state index contributed by atoms with van der Waals surface area (Å²) in [5, 5.41) is 0. The van der Waals surface area contributed by atoms with Gasteiger partial charge in [-0.25, -0.2) is 0 Å².